The second-order valence-corrected chi connectivity index (χ2v) is 6.44. The molecule has 0 heterocycles. The first-order valence-electron chi connectivity index (χ1n) is 5.99. The summed E-state index contributed by atoms with van der Waals surface area (Å²) in [6.07, 6.45) is -0.360. The van der Waals surface area contributed by atoms with E-state index in [1.54, 1.807) is 31.4 Å². The van der Waals surface area contributed by atoms with Gasteiger partial charge in [-0.2, -0.15) is 0 Å². The predicted octanol–water partition coefficient (Wildman–Crippen LogP) is 3.36. The predicted molar refractivity (Wildman–Crippen MR) is 72.7 cm³/mol. The van der Waals surface area contributed by atoms with Crippen LogP contribution in [-0.4, -0.2) is 19.3 Å². The topological polar surface area (TPSA) is 44.8 Å². The molecule has 0 radical (unpaired) electrons. The Hall–Kier alpha value is -0.830. The lowest BCUT2D eigenvalue weighted by Gasteiger charge is -2.23. The van der Waals surface area contributed by atoms with Gasteiger partial charge in [0.2, 0.25) is 0 Å². The molecule has 0 saturated heterocycles. The van der Waals surface area contributed by atoms with Crippen molar-refractivity contribution in [1.82, 2.24) is 0 Å². The lowest BCUT2D eigenvalue weighted by atomic mass is 10.3. The number of benzene rings is 1. The Morgan fingerprint density at radius 3 is 2.06 bits per heavy atom. The maximum absolute atomic E-state index is 12.8. The normalized spacial score (nSPS) is 12.2. The SMILES string of the molecule is COc1cccc(P(=O)(OC(C)C)OC(C)C)c1. The molecule has 0 bridgehead atoms. The second kappa shape index (κ2) is 6.37. The summed E-state index contributed by atoms with van der Waals surface area (Å²) in [4.78, 5) is 0. The number of ether oxygens (including phenoxy) is 1. The quantitative estimate of drug-likeness (QED) is 0.745. The Kier molecular flexibility index (Phi) is 5.39. The van der Waals surface area contributed by atoms with E-state index in [9.17, 15) is 4.57 Å². The molecule has 0 unspecified atom stereocenters. The Bertz CT molecular complexity index is 415. The first kappa shape index (κ1) is 15.2. The molecule has 0 aliphatic rings. The van der Waals surface area contributed by atoms with Crippen molar-refractivity contribution in [2.75, 3.05) is 7.11 Å². The van der Waals surface area contributed by atoms with Crippen LogP contribution < -0.4 is 10.0 Å². The standard InChI is InChI=1S/C13H21O4P/c1-10(2)16-18(14,17-11(3)4)13-8-6-7-12(9-13)15-5/h6-11H,1-5H3. The molecule has 0 aliphatic heterocycles. The zero-order valence-electron chi connectivity index (χ0n) is 11.5. The maximum atomic E-state index is 12.8. The summed E-state index contributed by atoms with van der Waals surface area (Å²) in [7, 11) is -1.74. The van der Waals surface area contributed by atoms with Crippen molar-refractivity contribution in [3.05, 3.63) is 24.3 Å². The summed E-state index contributed by atoms with van der Waals surface area (Å²) in [6, 6.07) is 6.98. The summed E-state index contributed by atoms with van der Waals surface area (Å²) in [5.41, 5.74) is 0. The molecular weight excluding hydrogens is 251 g/mol. The highest BCUT2D eigenvalue weighted by atomic mass is 31.2. The van der Waals surface area contributed by atoms with Gasteiger partial charge in [-0.25, -0.2) is 0 Å². The van der Waals surface area contributed by atoms with E-state index in [0.29, 0.717) is 11.1 Å². The van der Waals surface area contributed by atoms with Gasteiger partial charge >= 0.3 is 7.60 Å². The van der Waals surface area contributed by atoms with E-state index in [4.69, 9.17) is 13.8 Å². The largest absolute Gasteiger partial charge is 0.497 e. The monoisotopic (exact) mass is 272 g/mol. The van der Waals surface area contributed by atoms with Crippen molar-refractivity contribution >= 4 is 12.9 Å². The first-order chi connectivity index (χ1) is 8.37. The Morgan fingerprint density at radius 2 is 1.61 bits per heavy atom. The fraction of sp³-hybridized carbons (Fsp3) is 0.538. The second-order valence-electron chi connectivity index (χ2n) is 4.51. The number of rotatable bonds is 6. The molecule has 0 N–H and O–H groups in total. The van der Waals surface area contributed by atoms with Crippen molar-refractivity contribution < 1.29 is 18.3 Å². The van der Waals surface area contributed by atoms with Crippen LogP contribution in [0.5, 0.6) is 5.75 Å². The molecule has 0 aliphatic carbocycles. The highest BCUT2D eigenvalue weighted by molar-refractivity contribution is 7.62. The molecule has 18 heavy (non-hydrogen) atoms. The number of methoxy groups -OCH3 is 1. The Labute approximate surface area is 109 Å². The van der Waals surface area contributed by atoms with E-state index >= 15 is 0 Å². The molecule has 0 saturated carbocycles. The fourth-order valence-electron chi connectivity index (χ4n) is 1.48. The average molecular weight is 272 g/mol. The van der Waals surface area contributed by atoms with Crippen molar-refractivity contribution in [2.24, 2.45) is 0 Å². The van der Waals surface area contributed by atoms with Crippen molar-refractivity contribution in [1.29, 1.82) is 0 Å². The van der Waals surface area contributed by atoms with Gasteiger partial charge in [-0.05, 0) is 45.9 Å². The van der Waals surface area contributed by atoms with E-state index < -0.39 is 7.60 Å². The molecular formula is C13H21O4P. The van der Waals surface area contributed by atoms with Gasteiger partial charge in [-0.3, -0.25) is 4.57 Å². The van der Waals surface area contributed by atoms with Gasteiger partial charge in [0, 0.05) is 0 Å². The lowest BCUT2D eigenvalue weighted by molar-refractivity contribution is 0.150. The average Bonchev–Trinajstić information content (AvgIpc) is 2.27. The van der Waals surface area contributed by atoms with Crippen molar-refractivity contribution in [2.45, 2.75) is 39.9 Å². The van der Waals surface area contributed by atoms with Crippen LogP contribution >= 0.6 is 7.60 Å². The van der Waals surface area contributed by atoms with E-state index in [2.05, 4.69) is 0 Å². The highest BCUT2D eigenvalue weighted by Crippen LogP contribution is 2.49. The minimum atomic E-state index is -3.30. The molecule has 0 aromatic heterocycles. The minimum absolute atomic E-state index is 0.180. The summed E-state index contributed by atoms with van der Waals surface area (Å²) >= 11 is 0. The van der Waals surface area contributed by atoms with Crippen LogP contribution in [0.25, 0.3) is 0 Å². The number of hydrogen-bond acceptors (Lipinski definition) is 4. The summed E-state index contributed by atoms with van der Waals surface area (Å²) < 4.78 is 29.0. The van der Waals surface area contributed by atoms with Gasteiger partial charge < -0.3 is 13.8 Å². The molecule has 5 heteroatoms. The van der Waals surface area contributed by atoms with Crippen molar-refractivity contribution in [3.8, 4) is 5.75 Å². The van der Waals surface area contributed by atoms with E-state index in [-0.39, 0.29) is 12.2 Å². The third-order valence-corrected chi connectivity index (χ3v) is 4.38. The lowest BCUT2D eigenvalue weighted by Crippen LogP contribution is -2.16. The molecule has 0 amide bonds. The van der Waals surface area contributed by atoms with Crippen LogP contribution in [0, 0.1) is 0 Å². The molecule has 0 atom stereocenters. The van der Waals surface area contributed by atoms with E-state index in [1.807, 2.05) is 27.7 Å². The van der Waals surface area contributed by atoms with Gasteiger partial charge in [-0.1, -0.05) is 6.07 Å². The summed E-state index contributed by atoms with van der Waals surface area (Å²) in [6.45, 7) is 7.32. The molecule has 102 valence electrons. The molecule has 4 nitrogen and oxygen atoms in total. The molecule has 0 fully saturated rings. The van der Waals surface area contributed by atoms with E-state index in [1.165, 1.54) is 0 Å². The van der Waals surface area contributed by atoms with Gasteiger partial charge in [0.1, 0.15) is 5.75 Å². The fourth-order valence-corrected chi connectivity index (χ4v) is 3.44. The zero-order valence-corrected chi connectivity index (χ0v) is 12.4. The zero-order chi connectivity index (χ0) is 13.8. The molecule has 0 spiro atoms. The van der Waals surface area contributed by atoms with Crippen LogP contribution in [0.1, 0.15) is 27.7 Å². The Morgan fingerprint density at radius 1 is 1.06 bits per heavy atom. The third kappa shape index (κ3) is 4.13. The van der Waals surface area contributed by atoms with Gasteiger partial charge in [0.25, 0.3) is 0 Å². The highest BCUT2D eigenvalue weighted by Gasteiger charge is 2.30. The first-order valence-corrected chi connectivity index (χ1v) is 7.53. The number of hydrogen-bond donors (Lipinski definition) is 0. The molecule has 1 rings (SSSR count). The molecule has 1 aromatic carbocycles. The minimum Gasteiger partial charge on any atom is -0.497 e. The molecule has 1 aromatic rings. The van der Waals surface area contributed by atoms with Crippen molar-refractivity contribution in [3.63, 3.8) is 0 Å². The van der Waals surface area contributed by atoms with Crippen LogP contribution in [0.15, 0.2) is 24.3 Å². The summed E-state index contributed by atoms with van der Waals surface area (Å²) in [5, 5.41) is 0.518. The maximum Gasteiger partial charge on any atom is 0.361 e. The van der Waals surface area contributed by atoms with Gasteiger partial charge in [0.05, 0.1) is 24.6 Å². The van der Waals surface area contributed by atoms with Gasteiger partial charge in [0.15, 0.2) is 0 Å². The van der Waals surface area contributed by atoms with Gasteiger partial charge in [-0.15, -0.1) is 0 Å². The van der Waals surface area contributed by atoms with E-state index in [0.717, 1.165) is 0 Å². The van der Waals surface area contributed by atoms with Crippen LogP contribution in [0.3, 0.4) is 0 Å². The van der Waals surface area contributed by atoms with Crippen LogP contribution in [0.4, 0.5) is 0 Å². The smallest absolute Gasteiger partial charge is 0.361 e. The van der Waals surface area contributed by atoms with Crippen LogP contribution in [0.2, 0.25) is 0 Å². The third-order valence-electron chi connectivity index (χ3n) is 2.07. The Balaban J connectivity index is 3.12. The summed E-state index contributed by atoms with van der Waals surface area (Å²) in [5.74, 6) is 0.632. The van der Waals surface area contributed by atoms with Crippen LogP contribution in [-0.2, 0) is 13.6 Å².